The summed E-state index contributed by atoms with van der Waals surface area (Å²) in [5.74, 6) is 6.92. The van der Waals surface area contributed by atoms with Crippen molar-refractivity contribution in [2.45, 2.75) is 82.3 Å². The summed E-state index contributed by atoms with van der Waals surface area (Å²) in [4.78, 5) is 55.9. The van der Waals surface area contributed by atoms with E-state index in [1.165, 1.54) is 38.5 Å². The van der Waals surface area contributed by atoms with Crippen LogP contribution in [-0.4, -0.2) is 45.1 Å². The fourth-order valence-electron chi connectivity index (χ4n) is 8.10. The van der Waals surface area contributed by atoms with Gasteiger partial charge in [0.25, 0.3) is 11.8 Å². The predicted octanol–water partition coefficient (Wildman–Crippen LogP) is 3.59. The molecule has 1 saturated heterocycles. The van der Waals surface area contributed by atoms with Gasteiger partial charge in [0.2, 0.25) is 11.8 Å². The lowest BCUT2D eigenvalue weighted by Crippen LogP contribution is -2.58. The van der Waals surface area contributed by atoms with Crippen molar-refractivity contribution >= 4 is 35.0 Å². The van der Waals surface area contributed by atoms with Crippen molar-refractivity contribution in [1.29, 1.82) is 0 Å². The van der Waals surface area contributed by atoms with E-state index < -0.39 is 29.7 Å². The Morgan fingerprint density at radius 1 is 1.05 bits per heavy atom. The van der Waals surface area contributed by atoms with Gasteiger partial charge in [0.15, 0.2) is 0 Å². The van der Waals surface area contributed by atoms with Gasteiger partial charge in [0.1, 0.15) is 11.0 Å². The molecule has 206 valence electrons. The van der Waals surface area contributed by atoms with Gasteiger partial charge >= 0.3 is 0 Å². The molecule has 0 radical (unpaired) electrons. The normalized spacial score (nSPS) is 30.4. The molecule has 0 spiro atoms. The third kappa shape index (κ3) is 4.57. The van der Waals surface area contributed by atoms with E-state index in [1.54, 1.807) is 29.5 Å². The van der Waals surface area contributed by atoms with Crippen LogP contribution in [0.2, 0.25) is 0 Å². The van der Waals surface area contributed by atoms with Gasteiger partial charge in [-0.15, -0.1) is 11.3 Å². The van der Waals surface area contributed by atoms with Crippen molar-refractivity contribution in [3.8, 4) is 11.8 Å². The first kappa shape index (κ1) is 25.6. The largest absolute Gasteiger partial charge is 0.305 e. The average Bonchev–Trinajstić information content (AvgIpc) is 3.47. The van der Waals surface area contributed by atoms with Gasteiger partial charge in [-0.25, -0.2) is 4.98 Å². The average molecular weight is 557 g/mol. The van der Waals surface area contributed by atoms with E-state index in [4.69, 9.17) is 4.98 Å². The minimum absolute atomic E-state index is 0.0904. The summed E-state index contributed by atoms with van der Waals surface area (Å²) >= 11 is 1.70. The van der Waals surface area contributed by atoms with E-state index in [-0.39, 0.29) is 24.0 Å². The molecule has 4 aliphatic carbocycles. The molecule has 40 heavy (non-hydrogen) atoms. The zero-order valence-corrected chi connectivity index (χ0v) is 23.1. The van der Waals surface area contributed by atoms with E-state index in [9.17, 15) is 19.2 Å². The molecule has 3 heterocycles. The molecule has 9 heteroatoms. The van der Waals surface area contributed by atoms with Crippen LogP contribution in [0, 0.1) is 29.6 Å². The second-order valence-corrected chi connectivity index (χ2v) is 13.2. The number of aryl methyl sites for hydroxylation is 1. The van der Waals surface area contributed by atoms with Gasteiger partial charge < -0.3 is 5.32 Å². The molecule has 2 aromatic rings. The summed E-state index contributed by atoms with van der Waals surface area (Å²) in [6, 6.07) is 4.02. The number of amides is 4. The first-order chi connectivity index (χ1) is 19.4. The first-order valence-electron chi connectivity index (χ1n) is 14.4. The van der Waals surface area contributed by atoms with Crippen LogP contribution >= 0.6 is 11.3 Å². The molecule has 6 aliphatic rings. The van der Waals surface area contributed by atoms with Gasteiger partial charge in [-0.1, -0.05) is 17.9 Å². The Bertz CT molecular complexity index is 1450. The minimum atomic E-state index is -0.984. The maximum absolute atomic E-state index is 13.2. The third-order valence-electron chi connectivity index (χ3n) is 9.45. The summed E-state index contributed by atoms with van der Waals surface area (Å²) in [5, 5.41) is 9.38. The molecule has 4 bridgehead atoms. The number of nitrogens with one attached hydrogen (secondary N) is 2. The number of thiazole rings is 1. The molecule has 4 saturated carbocycles. The highest BCUT2D eigenvalue weighted by atomic mass is 32.1. The Morgan fingerprint density at radius 3 is 2.52 bits per heavy atom. The molecule has 5 fully saturated rings. The zero-order valence-electron chi connectivity index (χ0n) is 22.3. The highest BCUT2D eigenvalue weighted by Gasteiger charge is 2.50. The molecular formula is C31H32N4O4S. The Hall–Kier alpha value is -3.35. The quantitative estimate of drug-likeness (QED) is 0.416. The van der Waals surface area contributed by atoms with Gasteiger partial charge in [-0.05, 0) is 74.8 Å². The first-order valence-corrected chi connectivity index (χ1v) is 15.3. The van der Waals surface area contributed by atoms with Gasteiger partial charge in [0.05, 0.1) is 16.8 Å². The van der Waals surface area contributed by atoms with Crippen LogP contribution in [0.4, 0.5) is 0 Å². The number of piperidine rings is 1. The molecule has 8 rings (SSSR count). The number of benzene rings is 1. The van der Waals surface area contributed by atoms with Gasteiger partial charge in [-0.2, -0.15) is 0 Å². The van der Waals surface area contributed by atoms with Crippen LogP contribution in [-0.2, 0) is 22.6 Å². The lowest BCUT2D eigenvalue weighted by atomic mass is 9.53. The Labute approximate surface area is 237 Å². The van der Waals surface area contributed by atoms with E-state index >= 15 is 0 Å². The molecule has 8 nitrogen and oxygen atoms in total. The molecule has 2 aliphatic heterocycles. The lowest BCUT2D eigenvalue weighted by Gasteiger charge is -2.57. The van der Waals surface area contributed by atoms with Crippen molar-refractivity contribution < 1.29 is 19.2 Å². The Kier molecular flexibility index (Phi) is 6.36. The number of hydrogen-bond acceptors (Lipinski definition) is 7. The summed E-state index contributed by atoms with van der Waals surface area (Å²) in [6.07, 6.45) is 9.82. The Balaban J connectivity index is 0.974. The fraction of sp³-hybridized carbons (Fsp3) is 0.516. The zero-order chi connectivity index (χ0) is 27.4. The number of imide groups is 2. The van der Waals surface area contributed by atoms with E-state index in [0.717, 1.165) is 39.9 Å². The SMILES string of the molecule is O=C1CCC(N2C(=O)c3cccc(C#CCCc4csc(CNC56CC7CC(CC(C7)C5)C6)n4)c3C2=O)C(=O)N1. The fourth-order valence-corrected chi connectivity index (χ4v) is 8.87. The molecular weight excluding hydrogens is 524 g/mol. The van der Waals surface area contributed by atoms with Gasteiger partial charge in [-0.3, -0.25) is 29.4 Å². The molecule has 1 unspecified atom stereocenters. The number of hydrogen-bond donors (Lipinski definition) is 2. The maximum Gasteiger partial charge on any atom is 0.263 e. The molecule has 2 N–H and O–H groups in total. The van der Waals surface area contributed by atoms with Crippen LogP contribution in [0.3, 0.4) is 0 Å². The molecule has 1 aromatic heterocycles. The van der Waals surface area contributed by atoms with Crippen molar-refractivity contribution in [1.82, 2.24) is 20.5 Å². The van der Waals surface area contributed by atoms with Crippen LogP contribution in [0.15, 0.2) is 23.6 Å². The van der Waals surface area contributed by atoms with Crippen molar-refractivity contribution in [2.24, 2.45) is 17.8 Å². The molecule has 4 amide bonds. The third-order valence-corrected chi connectivity index (χ3v) is 10.3. The highest BCUT2D eigenvalue weighted by Crippen LogP contribution is 2.55. The van der Waals surface area contributed by atoms with Crippen molar-refractivity contribution in [3.05, 3.63) is 51.0 Å². The number of nitrogens with zero attached hydrogens (tertiary/aromatic N) is 2. The van der Waals surface area contributed by atoms with Crippen LogP contribution in [0.1, 0.15) is 94.8 Å². The van der Waals surface area contributed by atoms with Crippen LogP contribution in [0.5, 0.6) is 0 Å². The van der Waals surface area contributed by atoms with Crippen molar-refractivity contribution in [3.63, 3.8) is 0 Å². The second-order valence-electron chi connectivity index (χ2n) is 12.3. The number of rotatable bonds is 6. The lowest BCUT2D eigenvalue weighted by molar-refractivity contribution is -0.136. The van der Waals surface area contributed by atoms with Crippen LogP contribution < -0.4 is 10.6 Å². The Morgan fingerprint density at radius 2 is 1.80 bits per heavy atom. The number of carbonyl (C=O) groups is 4. The second kappa shape index (κ2) is 9.93. The van der Waals surface area contributed by atoms with E-state index in [0.29, 0.717) is 23.9 Å². The number of carbonyl (C=O) groups excluding carboxylic acids is 4. The standard InChI is InChI=1S/C31H32N4O4S/c36-25-9-8-24(28(37)34-25)35-29(38)23-7-3-5-21(27(23)30(35)39)4-1-2-6-22-17-40-26(33-22)16-32-31-13-18-10-19(14-31)12-20(11-18)15-31/h3,5,7,17-20,24,32H,2,6,8-16H2,(H,34,36,37). The van der Waals surface area contributed by atoms with Crippen molar-refractivity contribution in [2.75, 3.05) is 0 Å². The summed E-state index contributed by atoms with van der Waals surface area (Å²) in [5.41, 5.74) is 2.31. The van der Waals surface area contributed by atoms with E-state index in [1.807, 2.05) is 0 Å². The minimum Gasteiger partial charge on any atom is -0.305 e. The smallest absolute Gasteiger partial charge is 0.263 e. The molecule has 1 aromatic carbocycles. The summed E-state index contributed by atoms with van der Waals surface area (Å²) < 4.78 is 0. The van der Waals surface area contributed by atoms with E-state index in [2.05, 4.69) is 27.9 Å². The molecule has 1 atom stereocenters. The van der Waals surface area contributed by atoms with Gasteiger partial charge in [0, 0.05) is 42.3 Å². The number of aromatic nitrogens is 1. The number of fused-ring (bicyclic) bond motifs is 1. The van der Waals surface area contributed by atoms with Crippen LogP contribution in [0.25, 0.3) is 0 Å². The highest BCUT2D eigenvalue weighted by molar-refractivity contribution is 7.09. The predicted molar refractivity (Wildman–Crippen MR) is 148 cm³/mol. The summed E-state index contributed by atoms with van der Waals surface area (Å²) in [7, 11) is 0. The maximum atomic E-state index is 13.2. The monoisotopic (exact) mass is 556 g/mol. The topological polar surface area (TPSA) is 108 Å². The summed E-state index contributed by atoms with van der Waals surface area (Å²) in [6.45, 7) is 0.832.